The van der Waals surface area contributed by atoms with Crippen molar-refractivity contribution in [1.82, 2.24) is 19.4 Å². The van der Waals surface area contributed by atoms with Crippen LogP contribution in [-0.2, 0) is 20.6 Å². The molecule has 1 saturated heterocycles. The topological polar surface area (TPSA) is 59.3 Å². The summed E-state index contributed by atoms with van der Waals surface area (Å²) in [4.78, 5) is 26.1. The van der Waals surface area contributed by atoms with Crippen molar-refractivity contribution in [2.75, 3.05) is 26.2 Å². The first kappa shape index (κ1) is 16.0. The van der Waals surface area contributed by atoms with E-state index in [2.05, 4.69) is 17.1 Å². The van der Waals surface area contributed by atoms with Crippen LogP contribution >= 0.6 is 0 Å². The number of hydrogen-bond acceptors (Lipinski definition) is 4. The van der Waals surface area contributed by atoms with Crippen LogP contribution in [0.5, 0.6) is 0 Å². The fourth-order valence-corrected chi connectivity index (χ4v) is 2.92. The lowest BCUT2D eigenvalue weighted by Crippen LogP contribution is -2.40. The molecule has 1 N–H and O–H groups in total. The fraction of sp³-hybridized carbons (Fsp3) is 0.733. The van der Waals surface area contributed by atoms with Gasteiger partial charge in [0.15, 0.2) is 0 Å². The van der Waals surface area contributed by atoms with Gasteiger partial charge in [0.25, 0.3) is 5.56 Å². The lowest BCUT2D eigenvalue weighted by Gasteiger charge is -2.31. The molecule has 0 aliphatic carbocycles. The summed E-state index contributed by atoms with van der Waals surface area (Å²) in [7, 11) is 3.19. The summed E-state index contributed by atoms with van der Waals surface area (Å²) >= 11 is 0. The van der Waals surface area contributed by atoms with Crippen molar-refractivity contribution < 1.29 is 0 Å². The molecule has 1 aromatic rings. The van der Waals surface area contributed by atoms with E-state index in [1.165, 1.54) is 37.5 Å². The maximum atomic E-state index is 12.0. The van der Waals surface area contributed by atoms with Gasteiger partial charge in [0.1, 0.15) is 0 Å². The highest BCUT2D eigenvalue weighted by atomic mass is 16.2. The van der Waals surface area contributed by atoms with Crippen molar-refractivity contribution in [3.63, 3.8) is 0 Å². The van der Waals surface area contributed by atoms with Crippen molar-refractivity contribution in [2.45, 2.75) is 26.3 Å². The Morgan fingerprint density at radius 1 is 1.24 bits per heavy atom. The number of aryl methyl sites for hydroxylation is 1. The van der Waals surface area contributed by atoms with E-state index in [0.717, 1.165) is 17.7 Å². The van der Waals surface area contributed by atoms with Gasteiger partial charge in [-0.15, -0.1) is 0 Å². The molecule has 118 valence electrons. The first-order chi connectivity index (χ1) is 10.0. The molecule has 1 aromatic heterocycles. The molecule has 1 fully saturated rings. The number of nitrogens with one attached hydrogen (secondary N) is 1. The van der Waals surface area contributed by atoms with Crippen LogP contribution in [0.4, 0.5) is 0 Å². The van der Waals surface area contributed by atoms with E-state index in [0.29, 0.717) is 18.0 Å². The third-order valence-corrected chi connectivity index (χ3v) is 4.42. The number of hydrogen-bond donors (Lipinski definition) is 1. The normalized spacial score (nSPS) is 17.3. The second kappa shape index (κ2) is 7.04. The van der Waals surface area contributed by atoms with Crippen molar-refractivity contribution in [2.24, 2.45) is 20.0 Å². The van der Waals surface area contributed by atoms with Gasteiger partial charge in [-0.25, -0.2) is 4.79 Å². The van der Waals surface area contributed by atoms with Crippen LogP contribution in [-0.4, -0.2) is 40.2 Å². The van der Waals surface area contributed by atoms with Crippen LogP contribution in [0.3, 0.4) is 0 Å². The molecule has 2 rings (SSSR count). The molecule has 0 amide bonds. The molecule has 0 atom stereocenters. The maximum Gasteiger partial charge on any atom is 0.330 e. The SMILES string of the molecule is CCN1CCC(CNCc2cn(C)c(=O)n(C)c2=O)CC1. The van der Waals surface area contributed by atoms with E-state index >= 15 is 0 Å². The van der Waals surface area contributed by atoms with Gasteiger partial charge in [-0.3, -0.25) is 9.36 Å². The van der Waals surface area contributed by atoms with Gasteiger partial charge >= 0.3 is 5.69 Å². The number of nitrogens with zero attached hydrogens (tertiary/aromatic N) is 3. The van der Waals surface area contributed by atoms with Crippen molar-refractivity contribution in [3.8, 4) is 0 Å². The molecule has 0 unspecified atom stereocenters. The lowest BCUT2D eigenvalue weighted by atomic mass is 9.97. The summed E-state index contributed by atoms with van der Waals surface area (Å²) < 4.78 is 2.62. The van der Waals surface area contributed by atoms with Crippen molar-refractivity contribution in [3.05, 3.63) is 32.6 Å². The second-order valence-electron chi connectivity index (χ2n) is 5.92. The number of rotatable bonds is 5. The average Bonchev–Trinajstić information content (AvgIpc) is 2.51. The predicted molar refractivity (Wildman–Crippen MR) is 83.5 cm³/mol. The minimum atomic E-state index is -0.282. The summed E-state index contributed by atoms with van der Waals surface area (Å²) in [6.07, 6.45) is 4.07. The Kier molecular flexibility index (Phi) is 5.36. The van der Waals surface area contributed by atoms with Gasteiger partial charge in [0.2, 0.25) is 0 Å². The summed E-state index contributed by atoms with van der Waals surface area (Å²) in [6.45, 7) is 7.13. The van der Waals surface area contributed by atoms with Crippen LogP contribution < -0.4 is 16.6 Å². The third-order valence-electron chi connectivity index (χ3n) is 4.42. The van der Waals surface area contributed by atoms with Gasteiger partial charge in [-0.05, 0) is 44.9 Å². The Morgan fingerprint density at radius 2 is 1.90 bits per heavy atom. The molecular weight excluding hydrogens is 268 g/mol. The van der Waals surface area contributed by atoms with Crippen LogP contribution in [0.15, 0.2) is 15.8 Å². The van der Waals surface area contributed by atoms with Crippen LogP contribution in [0.1, 0.15) is 25.3 Å². The van der Waals surface area contributed by atoms with Gasteiger partial charge < -0.3 is 14.8 Å². The minimum Gasteiger partial charge on any atom is -0.312 e. The largest absolute Gasteiger partial charge is 0.330 e. The van der Waals surface area contributed by atoms with E-state index in [1.807, 2.05) is 0 Å². The number of likely N-dealkylation sites (tertiary alicyclic amines) is 1. The molecule has 1 aliphatic heterocycles. The molecule has 0 saturated carbocycles. The second-order valence-corrected chi connectivity index (χ2v) is 5.92. The van der Waals surface area contributed by atoms with Crippen LogP contribution in [0.25, 0.3) is 0 Å². The smallest absolute Gasteiger partial charge is 0.312 e. The summed E-state index contributed by atoms with van der Waals surface area (Å²) in [5.74, 6) is 0.684. The molecular formula is C15H26N4O2. The summed E-state index contributed by atoms with van der Waals surface area (Å²) in [6, 6.07) is 0. The van der Waals surface area contributed by atoms with E-state index in [-0.39, 0.29) is 11.2 Å². The highest BCUT2D eigenvalue weighted by molar-refractivity contribution is 5.05. The van der Waals surface area contributed by atoms with Gasteiger partial charge in [0.05, 0.1) is 0 Å². The van der Waals surface area contributed by atoms with E-state index in [1.54, 1.807) is 13.2 Å². The minimum absolute atomic E-state index is 0.202. The molecule has 2 heterocycles. The van der Waals surface area contributed by atoms with Crippen LogP contribution in [0, 0.1) is 5.92 Å². The highest BCUT2D eigenvalue weighted by Gasteiger charge is 2.17. The maximum absolute atomic E-state index is 12.0. The van der Waals surface area contributed by atoms with Crippen LogP contribution in [0.2, 0.25) is 0 Å². The highest BCUT2D eigenvalue weighted by Crippen LogP contribution is 2.15. The molecule has 6 nitrogen and oxygen atoms in total. The van der Waals surface area contributed by atoms with E-state index in [4.69, 9.17) is 0 Å². The molecule has 1 aliphatic rings. The Hall–Kier alpha value is -1.40. The molecule has 6 heteroatoms. The third kappa shape index (κ3) is 3.83. The molecule has 0 bridgehead atoms. The first-order valence-corrected chi connectivity index (χ1v) is 7.71. The zero-order chi connectivity index (χ0) is 15.4. The monoisotopic (exact) mass is 294 g/mol. The van der Waals surface area contributed by atoms with Gasteiger partial charge in [0, 0.05) is 32.4 Å². The standard InChI is InChI=1S/C15H26N4O2/c1-4-19-7-5-12(6-8-19)9-16-10-13-11-17(2)15(21)18(3)14(13)20/h11-12,16H,4-10H2,1-3H3. The van der Waals surface area contributed by atoms with Gasteiger partial charge in [-0.2, -0.15) is 0 Å². The Morgan fingerprint density at radius 3 is 2.52 bits per heavy atom. The average molecular weight is 294 g/mol. The molecule has 0 spiro atoms. The molecule has 0 aromatic carbocycles. The van der Waals surface area contributed by atoms with E-state index < -0.39 is 0 Å². The Balaban J connectivity index is 1.87. The fourth-order valence-electron chi connectivity index (χ4n) is 2.92. The molecule has 21 heavy (non-hydrogen) atoms. The van der Waals surface area contributed by atoms with Crippen molar-refractivity contribution in [1.29, 1.82) is 0 Å². The Labute approximate surface area is 125 Å². The zero-order valence-electron chi connectivity index (χ0n) is 13.3. The first-order valence-electron chi connectivity index (χ1n) is 7.71. The number of piperidine rings is 1. The quantitative estimate of drug-likeness (QED) is 0.824. The predicted octanol–water partition coefficient (Wildman–Crippen LogP) is -0.0945. The number of aromatic nitrogens is 2. The van der Waals surface area contributed by atoms with Gasteiger partial charge in [-0.1, -0.05) is 6.92 Å². The molecule has 0 radical (unpaired) electrons. The Bertz CT molecular complexity index is 582. The van der Waals surface area contributed by atoms with E-state index in [9.17, 15) is 9.59 Å². The summed E-state index contributed by atoms with van der Waals surface area (Å²) in [5, 5.41) is 3.37. The zero-order valence-corrected chi connectivity index (χ0v) is 13.3. The lowest BCUT2D eigenvalue weighted by molar-refractivity contribution is 0.190. The van der Waals surface area contributed by atoms with Crippen molar-refractivity contribution >= 4 is 0 Å². The summed E-state index contributed by atoms with van der Waals surface area (Å²) in [5.41, 5.74) is 0.160.